The van der Waals surface area contributed by atoms with Crippen molar-refractivity contribution in [1.82, 2.24) is 14.2 Å². The lowest BCUT2D eigenvalue weighted by Gasteiger charge is -2.12. The Labute approximate surface area is 260 Å². The van der Waals surface area contributed by atoms with E-state index >= 15 is 0 Å². The lowest BCUT2D eigenvalue weighted by atomic mass is 10.1. The summed E-state index contributed by atoms with van der Waals surface area (Å²) in [5.74, 6) is 5.41. The summed E-state index contributed by atoms with van der Waals surface area (Å²) in [4.78, 5) is 24.7. The molecule has 1 aromatic carbocycles. The minimum atomic E-state index is -0.448. The Morgan fingerprint density at radius 2 is 1.55 bits per heavy atom. The van der Waals surface area contributed by atoms with Crippen LogP contribution in [0.2, 0.25) is 0 Å². The van der Waals surface area contributed by atoms with Crippen molar-refractivity contribution in [1.29, 1.82) is 0 Å². The molecule has 0 spiro atoms. The van der Waals surface area contributed by atoms with Gasteiger partial charge in [0.2, 0.25) is 5.91 Å². The number of amides is 2. The maximum atomic E-state index is 12.2. The summed E-state index contributed by atoms with van der Waals surface area (Å²) < 4.78 is 30.1. The number of rotatable bonds is 24. The van der Waals surface area contributed by atoms with E-state index in [0.29, 0.717) is 72.4 Å². The van der Waals surface area contributed by atoms with E-state index in [1.165, 1.54) is 0 Å². The van der Waals surface area contributed by atoms with Crippen molar-refractivity contribution >= 4 is 56.5 Å². The molecule has 0 saturated carbocycles. The van der Waals surface area contributed by atoms with Crippen molar-refractivity contribution in [2.45, 2.75) is 43.4 Å². The first-order valence-electron chi connectivity index (χ1n) is 13.2. The molecule has 1 aromatic rings. The van der Waals surface area contributed by atoms with Gasteiger partial charge in [-0.2, -0.15) is 0 Å². The fraction of sp³-hybridized carbons (Fsp3) is 0.630. The van der Waals surface area contributed by atoms with Crippen LogP contribution in [0.4, 0.5) is 4.79 Å². The Hall–Kier alpha value is -1.25. The number of carbonyl (C=O) groups excluding carboxylic acids is 2. The molecule has 3 N–H and O–H groups in total. The third kappa shape index (κ3) is 22.4. The van der Waals surface area contributed by atoms with Crippen LogP contribution < -0.4 is 14.2 Å². The molecule has 0 fully saturated rings. The molecule has 1 unspecified atom stereocenters. The van der Waals surface area contributed by atoms with E-state index in [4.69, 9.17) is 23.7 Å². The summed E-state index contributed by atoms with van der Waals surface area (Å²) in [5, 5.41) is 5.43. The molecular weight excluding hydrogens is 669 g/mol. The SMILES string of the molecule is CC#CCNC(=O)OCCCCOC(C)SSc1ccc(CC(=O)NCCOCCOCCOCCNI)cc1. The van der Waals surface area contributed by atoms with E-state index < -0.39 is 6.09 Å². The zero-order valence-electron chi connectivity index (χ0n) is 23.3. The number of nitrogens with one attached hydrogen (secondary N) is 3. The lowest BCUT2D eigenvalue weighted by molar-refractivity contribution is -0.120. The van der Waals surface area contributed by atoms with E-state index in [9.17, 15) is 9.59 Å². The van der Waals surface area contributed by atoms with Crippen LogP contribution in [0, 0.1) is 11.8 Å². The molecule has 0 aromatic heterocycles. The number of hydrogen-bond acceptors (Lipinski definition) is 10. The molecule has 0 saturated heterocycles. The normalized spacial score (nSPS) is 11.4. The van der Waals surface area contributed by atoms with E-state index in [1.54, 1.807) is 28.5 Å². The van der Waals surface area contributed by atoms with Gasteiger partial charge >= 0.3 is 6.09 Å². The fourth-order valence-electron chi connectivity index (χ4n) is 2.85. The monoisotopic (exact) mass is 711 g/mol. The van der Waals surface area contributed by atoms with Gasteiger partial charge in [-0.1, -0.05) is 39.6 Å². The Balaban J connectivity index is 2.02. The van der Waals surface area contributed by atoms with Crippen LogP contribution in [0.5, 0.6) is 0 Å². The molecule has 13 heteroatoms. The van der Waals surface area contributed by atoms with Crippen LogP contribution in [-0.2, 0) is 34.9 Å². The van der Waals surface area contributed by atoms with Crippen molar-refractivity contribution in [3.05, 3.63) is 29.8 Å². The summed E-state index contributed by atoms with van der Waals surface area (Å²) in [6, 6.07) is 7.95. The molecule has 2 amide bonds. The van der Waals surface area contributed by atoms with Gasteiger partial charge in [0.1, 0.15) is 5.44 Å². The zero-order chi connectivity index (χ0) is 29.1. The van der Waals surface area contributed by atoms with E-state index in [0.717, 1.165) is 29.8 Å². The number of halogens is 1. The molecule has 0 heterocycles. The maximum absolute atomic E-state index is 12.2. The van der Waals surface area contributed by atoms with Gasteiger partial charge in [0.15, 0.2) is 0 Å². The minimum absolute atomic E-state index is 0.0168. The first-order chi connectivity index (χ1) is 19.5. The predicted molar refractivity (Wildman–Crippen MR) is 169 cm³/mol. The van der Waals surface area contributed by atoms with E-state index in [1.807, 2.05) is 31.2 Å². The largest absolute Gasteiger partial charge is 0.450 e. The molecule has 0 aliphatic rings. The van der Waals surface area contributed by atoms with Crippen LogP contribution in [0.25, 0.3) is 0 Å². The minimum Gasteiger partial charge on any atom is -0.450 e. The quantitative estimate of drug-likeness (QED) is 0.0364. The average molecular weight is 712 g/mol. The highest BCUT2D eigenvalue weighted by atomic mass is 127. The third-order valence-corrected chi connectivity index (χ3v) is 8.03. The highest BCUT2D eigenvalue weighted by Crippen LogP contribution is 2.34. The number of alkyl carbamates (subject to hydrolysis) is 1. The highest BCUT2D eigenvalue weighted by molar-refractivity contribution is 14.1. The molecular formula is C27H42IN3O7S2. The van der Waals surface area contributed by atoms with Crippen molar-refractivity contribution in [3.63, 3.8) is 0 Å². The molecule has 1 rings (SSSR count). The van der Waals surface area contributed by atoms with Crippen molar-refractivity contribution in [3.8, 4) is 11.8 Å². The first kappa shape index (κ1) is 36.8. The summed E-state index contributed by atoms with van der Waals surface area (Å²) in [5.41, 5.74) is 0.972. The van der Waals surface area contributed by atoms with Crippen LogP contribution in [0.1, 0.15) is 32.3 Å². The molecule has 0 radical (unpaired) electrons. The Morgan fingerprint density at radius 3 is 2.23 bits per heavy atom. The van der Waals surface area contributed by atoms with Crippen molar-refractivity contribution < 1.29 is 33.3 Å². The van der Waals surface area contributed by atoms with Gasteiger partial charge in [-0.05, 0) is 44.4 Å². The van der Waals surface area contributed by atoms with Crippen molar-refractivity contribution in [2.24, 2.45) is 0 Å². The lowest BCUT2D eigenvalue weighted by Crippen LogP contribution is -2.29. The third-order valence-electron chi connectivity index (χ3n) is 4.84. The van der Waals surface area contributed by atoms with Crippen LogP contribution in [0.3, 0.4) is 0 Å². The topological polar surface area (TPSA) is 116 Å². The van der Waals surface area contributed by atoms with Gasteiger partial charge < -0.3 is 34.3 Å². The molecule has 0 bridgehead atoms. The summed E-state index contributed by atoms with van der Waals surface area (Å²) >= 11 is 2.08. The van der Waals surface area contributed by atoms with Crippen molar-refractivity contribution in [2.75, 3.05) is 72.5 Å². The number of benzene rings is 1. The summed E-state index contributed by atoms with van der Waals surface area (Å²) in [7, 11) is 3.26. The predicted octanol–water partition coefficient (Wildman–Crippen LogP) is 3.97. The van der Waals surface area contributed by atoms with Crippen LogP contribution in [0.15, 0.2) is 29.2 Å². The molecule has 40 heavy (non-hydrogen) atoms. The van der Waals surface area contributed by atoms with Crippen LogP contribution in [-0.4, -0.2) is 89.9 Å². The first-order valence-corrected chi connectivity index (χ1v) is 16.5. The number of unbranched alkanes of at least 4 members (excludes halogenated alkanes) is 1. The Bertz CT molecular complexity index is 857. The smallest absolute Gasteiger partial charge is 0.407 e. The van der Waals surface area contributed by atoms with E-state index in [2.05, 4.69) is 48.9 Å². The Morgan fingerprint density at radius 1 is 0.900 bits per heavy atom. The van der Waals surface area contributed by atoms with Gasteiger partial charge in [-0.25, -0.2) is 4.79 Å². The number of hydrogen-bond donors (Lipinski definition) is 3. The maximum Gasteiger partial charge on any atom is 0.407 e. The molecule has 0 aliphatic carbocycles. The van der Waals surface area contributed by atoms with Gasteiger partial charge in [0, 0.05) is 47.5 Å². The average Bonchev–Trinajstić information content (AvgIpc) is 2.95. The van der Waals surface area contributed by atoms with Gasteiger partial charge in [-0.3, -0.25) is 8.32 Å². The Kier molecular flexibility index (Phi) is 24.5. The molecule has 226 valence electrons. The summed E-state index contributed by atoms with van der Waals surface area (Å²) in [6.45, 7) is 9.46. The molecule has 10 nitrogen and oxygen atoms in total. The van der Waals surface area contributed by atoms with Crippen LogP contribution >= 0.6 is 44.5 Å². The second-order valence-electron chi connectivity index (χ2n) is 8.13. The number of carbonyl (C=O) groups is 2. The fourth-order valence-corrected chi connectivity index (χ4v) is 4.96. The molecule has 1 atom stereocenters. The standard InChI is InChI=1S/C27H42IN3O7S2/c1-3-4-11-30-27(33)38-15-6-5-14-37-23(2)39-40-25-9-7-24(8-10-25)22-26(32)29-12-16-34-18-20-36-21-19-35-17-13-31-28/h7-10,23,31H,5-6,11-22H2,1-2H3,(H,29,32)(H,30,33). The molecule has 0 aliphatic heterocycles. The van der Waals surface area contributed by atoms with Gasteiger partial charge in [0.25, 0.3) is 0 Å². The summed E-state index contributed by atoms with van der Waals surface area (Å²) in [6.07, 6.45) is 1.42. The zero-order valence-corrected chi connectivity index (χ0v) is 27.1. The van der Waals surface area contributed by atoms with E-state index in [-0.39, 0.29) is 11.3 Å². The van der Waals surface area contributed by atoms with Gasteiger partial charge in [-0.15, -0.1) is 5.92 Å². The number of ether oxygens (including phenoxy) is 5. The second kappa shape index (κ2) is 26.6. The second-order valence-corrected chi connectivity index (χ2v) is 11.5. The highest BCUT2D eigenvalue weighted by Gasteiger charge is 2.07. The van der Waals surface area contributed by atoms with Gasteiger partial charge in [0.05, 0.1) is 59.2 Å².